The monoisotopic (exact) mass is 471 g/mol. The molecule has 0 atom stereocenters. The number of carbonyl (C=O) groups excluding carboxylic acids is 1. The van der Waals surface area contributed by atoms with Gasteiger partial charge >= 0.3 is 0 Å². The van der Waals surface area contributed by atoms with E-state index in [1.54, 1.807) is 18.2 Å². The first-order valence-corrected chi connectivity index (χ1v) is 11.9. The van der Waals surface area contributed by atoms with Gasteiger partial charge in [-0.1, -0.05) is 42.4 Å². The lowest BCUT2D eigenvalue weighted by atomic mass is 10.1. The minimum atomic E-state index is -0.0163. The van der Waals surface area contributed by atoms with E-state index in [-0.39, 0.29) is 12.7 Å². The van der Waals surface area contributed by atoms with Gasteiger partial charge in [0.05, 0.1) is 0 Å². The highest BCUT2D eigenvalue weighted by atomic mass is 16.7. The molecule has 178 valence electrons. The van der Waals surface area contributed by atoms with Crippen LogP contribution in [0.3, 0.4) is 0 Å². The topological polar surface area (TPSA) is 93.8 Å². The van der Waals surface area contributed by atoms with Gasteiger partial charge in [-0.25, -0.2) is 4.98 Å². The normalized spacial score (nSPS) is 15.1. The lowest BCUT2D eigenvalue weighted by Crippen LogP contribution is -2.49. The Kier molecular flexibility index (Phi) is 5.44. The number of anilines is 1. The Morgan fingerprint density at radius 2 is 1.77 bits per heavy atom. The number of hydrogen-bond acceptors (Lipinski definition) is 8. The van der Waals surface area contributed by atoms with Crippen molar-refractivity contribution in [1.82, 2.24) is 20.0 Å². The summed E-state index contributed by atoms with van der Waals surface area (Å²) in [6.07, 6.45) is 1.69. The summed E-state index contributed by atoms with van der Waals surface area (Å²) in [5.74, 6) is 2.82. The maximum atomic E-state index is 13.2. The predicted octanol–water partition coefficient (Wildman–Crippen LogP) is 3.93. The lowest BCUT2D eigenvalue weighted by molar-refractivity contribution is 0.0746. The van der Waals surface area contributed by atoms with Crippen LogP contribution in [0.1, 0.15) is 29.5 Å². The van der Waals surface area contributed by atoms with Gasteiger partial charge in [-0.3, -0.25) is 4.79 Å². The Bertz CT molecular complexity index is 1380. The maximum Gasteiger partial charge on any atom is 0.263 e. The fourth-order valence-corrected chi connectivity index (χ4v) is 4.57. The molecule has 2 aromatic carbocycles. The minimum Gasteiger partial charge on any atom is -0.454 e. The molecular formula is C26H25N5O4. The van der Waals surface area contributed by atoms with E-state index in [4.69, 9.17) is 19.0 Å². The van der Waals surface area contributed by atoms with Gasteiger partial charge in [0.15, 0.2) is 11.5 Å². The zero-order valence-electron chi connectivity index (χ0n) is 19.4. The molecule has 2 aromatic heterocycles. The first kappa shape index (κ1) is 21.4. The molecule has 6 rings (SSSR count). The Hall–Kier alpha value is -4.14. The summed E-state index contributed by atoms with van der Waals surface area (Å²) in [5.41, 5.74) is 2.78. The van der Waals surface area contributed by atoms with Gasteiger partial charge in [0.1, 0.15) is 22.7 Å². The quantitative estimate of drug-likeness (QED) is 0.432. The van der Waals surface area contributed by atoms with E-state index < -0.39 is 0 Å². The van der Waals surface area contributed by atoms with Gasteiger partial charge in [-0.2, -0.15) is 4.98 Å². The molecule has 0 aliphatic carbocycles. The third-order valence-corrected chi connectivity index (χ3v) is 6.37. The van der Waals surface area contributed by atoms with Gasteiger partial charge in [-0.15, -0.1) is 0 Å². The van der Waals surface area contributed by atoms with E-state index in [0.29, 0.717) is 49.0 Å². The largest absolute Gasteiger partial charge is 0.454 e. The third-order valence-electron chi connectivity index (χ3n) is 6.37. The van der Waals surface area contributed by atoms with Crippen LogP contribution in [0.2, 0.25) is 0 Å². The fourth-order valence-electron chi connectivity index (χ4n) is 4.57. The number of hydrogen-bond donors (Lipinski definition) is 0. The highest BCUT2D eigenvalue weighted by molar-refractivity contribution is 5.98. The summed E-state index contributed by atoms with van der Waals surface area (Å²) in [7, 11) is 0. The molecule has 9 heteroatoms. The lowest BCUT2D eigenvalue weighted by Gasteiger charge is -2.35. The number of carbonyl (C=O) groups is 1. The predicted molar refractivity (Wildman–Crippen MR) is 130 cm³/mol. The zero-order chi connectivity index (χ0) is 23.8. The van der Waals surface area contributed by atoms with Gasteiger partial charge in [-0.05, 0) is 24.6 Å². The molecular weight excluding hydrogens is 446 g/mol. The molecule has 2 aliphatic rings. The molecule has 9 nitrogen and oxygen atoms in total. The first-order valence-electron chi connectivity index (χ1n) is 11.9. The second-order valence-corrected chi connectivity index (χ2v) is 8.64. The van der Waals surface area contributed by atoms with Crippen molar-refractivity contribution in [3.8, 4) is 22.8 Å². The molecule has 1 saturated heterocycles. The van der Waals surface area contributed by atoms with Crippen LogP contribution in [0.4, 0.5) is 5.82 Å². The van der Waals surface area contributed by atoms with E-state index in [0.717, 1.165) is 41.1 Å². The standard InChI is InChI=1S/C26H25N5O4/c1-2-6-21-27-24(22-23(29-35-25(22)28-21)17-7-4-3-5-8-17)30-11-13-31(14-12-30)26(32)18-9-10-19-20(15-18)34-16-33-19/h3-5,7-10,15H,2,6,11-14,16H2,1H3. The van der Waals surface area contributed by atoms with Crippen LogP contribution < -0.4 is 14.4 Å². The smallest absolute Gasteiger partial charge is 0.263 e. The molecule has 1 amide bonds. The van der Waals surface area contributed by atoms with Crippen LogP contribution >= 0.6 is 0 Å². The number of rotatable bonds is 5. The van der Waals surface area contributed by atoms with Crippen LogP contribution in [-0.4, -0.2) is 58.9 Å². The number of piperazine rings is 1. The SMILES string of the molecule is CCCc1nc(N2CCN(C(=O)c3ccc4c(c3)OCO4)CC2)c2c(-c3ccccc3)noc2n1. The van der Waals surface area contributed by atoms with E-state index in [1.165, 1.54) is 0 Å². The van der Waals surface area contributed by atoms with E-state index in [2.05, 4.69) is 22.0 Å². The Balaban J connectivity index is 1.28. The van der Waals surface area contributed by atoms with Crippen molar-refractivity contribution >= 4 is 22.8 Å². The number of ether oxygens (including phenoxy) is 2. The molecule has 0 N–H and O–H groups in total. The van der Waals surface area contributed by atoms with Gasteiger partial charge < -0.3 is 23.8 Å². The second kappa shape index (κ2) is 8.90. The average molecular weight is 472 g/mol. The molecule has 2 aliphatic heterocycles. The maximum absolute atomic E-state index is 13.2. The fraction of sp³-hybridized carbons (Fsp3) is 0.308. The summed E-state index contributed by atoms with van der Waals surface area (Å²) in [4.78, 5) is 26.8. The van der Waals surface area contributed by atoms with Gasteiger partial charge in [0.2, 0.25) is 6.79 Å². The summed E-state index contributed by atoms with van der Waals surface area (Å²) in [6, 6.07) is 15.3. The molecule has 0 radical (unpaired) electrons. The summed E-state index contributed by atoms with van der Waals surface area (Å²) >= 11 is 0. The zero-order valence-corrected chi connectivity index (χ0v) is 19.4. The van der Waals surface area contributed by atoms with E-state index in [1.807, 2.05) is 35.2 Å². The molecule has 1 fully saturated rings. The van der Waals surface area contributed by atoms with Gasteiger partial charge in [0.25, 0.3) is 11.6 Å². The van der Waals surface area contributed by atoms with Crippen molar-refractivity contribution in [2.24, 2.45) is 0 Å². The van der Waals surface area contributed by atoms with Crippen molar-refractivity contribution < 1.29 is 18.8 Å². The molecule has 0 spiro atoms. The van der Waals surface area contributed by atoms with Crippen LogP contribution in [0, 0.1) is 0 Å². The average Bonchev–Trinajstić information content (AvgIpc) is 3.55. The molecule has 0 unspecified atom stereocenters. The summed E-state index contributed by atoms with van der Waals surface area (Å²) < 4.78 is 16.5. The third kappa shape index (κ3) is 3.92. The number of benzene rings is 2. The highest BCUT2D eigenvalue weighted by Gasteiger charge is 2.28. The number of amides is 1. The molecule has 35 heavy (non-hydrogen) atoms. The highest BCUT2D eigenvalue weighted by Crippen LogP contribution is 2.35. The molecule has 4 heterocycles. The van der Waals surface area contributed by atoms with Crippen molar-refractivity contribution in [1.29, 1.82) is 0 Å². The molecule has 0 saturated carbocycles. The van der Waals surface area contributed by atoms with Crippen LogP contribution in [0.25, 0.3) is 22.4 Å². The van der Waals surface area contributed by atoms with Crippen molar-refractivity contribution in [3.63, 3.8) is 0 Å². The summed E-state index contributed by atoms with van der Waals surface area (Å²) in [5, 5.41) is 5.15. The minimum absolute atomic E-state index is 0.0163. The molecule has 0 bridgehead atoms. The number of aryl methyl sites for hydroxylation is 1. The van der Waals surface area contributed by atoms with Crippen LogP contribution in [0.5, 0.6) is 11.5 Å². The van der Waals surface area contributed by atoms with Gasteiger partial charge in [0, 0.05) is 43.7 Å². The molecule has 4 aromatic rings. The Morgan fingerprint density at radius 3 is 2.57 bits per heavy atom. The number of nitrogens with zero attached hydrogens (tertiary/aromatic N) is 5. The van der Waals surface area contributed by atoms with Crippen molar-refractivity contribution in [2.45, 2.75) is 19.8 Å². The Morgan fingerprint density at radius 1 is 0.971 bits per heavy atom. The van der Waals surface area contributed by atoms with E-state index >= 15 is 0 Å². The summed E-state index contributed by atoms with van der Waals surface area (Å²) in [6.45, 7) is 4.73. The van der Waals surface area contributed by atoms with Crippen LogP contribution in [0.15, 0.2) is 53.1 Å². The van der Waals surface area contributed by atoms with Crippen LogP contribution in [-0.2, 0) is 6.42 Å². The van der Waals surface area contributed by atoms with E-state index in [9.17, 15) is 4.79 Å². The van der Waals surface area contributed by atoms with Crippen molar-refractivity contribution in [2.75, 3.05) is 37.9 Å². The Labute approximate surface area is 202 Å². The first-order chi connectivity index (χ1) is 17.2. The number of fused-ring (bicyclic) bond motifs is 2. The van der Waals surface area contributed by atoms with Crippen molar-refractivity contribution in [3.05, 3.63) is 59.9 Å². The number of aromatic nitrogens is 3. The second-order valence-electron chi connectivity index (χ2n) is 8.64.